The van der Waals surface area contributed by atoms with E-state index < -0.39 is 0 Å². The molecule has 0 saturated heterocycles. The Morgan fingerprint density at radius 2 is 2.00 bits per heavy atom. The summed E-state index contributed by atoms with van der Waals surface area (Å²) in [4.78, 5) is 6.85. The van der Waals surface area contributed by atoms with Crippen molar-refractivity contribution in [1.82, 2.24) is 24.8 Å². The molecule has 7 heteroatoms. The van der Waals surface area contributed by atoms with E-state index in [0.717, 1.165) is 55.7 Å². The van der Waals surface area contributed by atoms with Crippen LogP contribution >= 0.6 is 0 Å². The molecule has 0 unspecified atom stereocenters. The Morgan fingerprint density at radius 1 is 1.17 bits per heavy atom. The number of rotatable bonds is 9. The van der Waals surface area contributed by atoms with E-state index in [1.165, 1.54) is 5.56 Å². The molecule has 2 heterocycles. The molecule has 7 nitrogen and oxygen atoms in total. The molecule has 1 N–H and O–H groups in total. The van der Waals surface area contributed by atoms with Crippen LogP contribution in [-0.4, -0.2) is 58.7 Å². The van der Waals surface area contributed by atoms with Gasteiger partial charge in [-0.05, 0) is 44.5 Å². The highest BCUT2D eigenvalue weighted by Gasteiger charge is 2.07. The van der Waals surface area contributed by atoms with E-state index in [-0.39, 0.29) is 0 Å². The third kappa shape index (κ3) is 5.94. The Bertz CT molecular complexity index is 918. The largest absolute Gasteiger partial charge is 0.492 e. The molecule has 0 aliphatic carbocycles. The number of nitrogens with one attached hydrogen (secondary N) is 1. The van der Waals surface area contributed by atoms with Crippen LogP contribution in [0, 0.1) is 6.92 Å². The lowest BCUT2D eigenvalue weighted by Gasteiger charge is -2.22. The number of benzene rings is 1. The van der Waals surface area contributed by atoms with Crippen molar-refractivity contribution >= 4 is 11.6 Å². The molecule has 3 aromatic rings. The zero-order valence-corrected chi connectivity index (χ0v) is 17.5. The third-order valence-electron chi connectivity index (χ3n) is 4.62. The number of ether oxygens (including phenoxy) is 1. The third-order valence-corrected chi connectivity index (χ3v) is 4.62. The summed E-state index contributed by atoms with van der Waals surface area (Å²) >= 11 is 0. The van der Waals surface area contributed by atoms with Gasteiger partial charge in [0.05, 0.1) is 6.54 Å². The maximum atomic E-state index is 5.83. The van der Waals surface area contributed by atoms with Crippen molar-refractivity contribution in [3.8, 4) is 5.75 Å². The fourth-order valence-electron chi connectivity index (χ4n) is 2.99. The Hall–Kier alpha value is -3.09. The molecule has 0 bridgehead atoms. The van der Waals surface area contributed by atoms with Gasteiger partial charge in [-0.1, -0.05) is 23.8 Å². The molecule has 0 radical (unpaired) electrons. The second kappa shape index (κ2) is 10.5. The van der Waals surface area contributed by atoms with Crippen LogP contribution in [-0.2, 0) is 6.42 Å². The molecule has 0 aliphatic rings. The number of aromatic nitrogens is 3. The summed E-state index contributed by atoms with van der Waals surface area (Å²) in [5, 5.41) is 11.8. The summed E-state index contributed by atoms with van der Waals surface area (Å²) < 4.78 is 7.86. The van der Waals surface area contributed by atoms with Crippen LogP contribution in [0.15, 0.2) is 53.7 Å². The predicted molar refractivity (Wildman–Crippen MR) is 117 cm³/mol. The van der Waals surface area contributed by atoms with Crippen LogP contribution < -0.4 is 10.1 Å². The van der Waals surface area contributed by atoms with E-state index in [2.05, 4.69) is 46.4 Å². The molecule has 1 aromatic carbocycles. The number of aliphatic imine (C=N–C) groups is 1. The molecule has 0 fully saturated rings. The summed E-state index contributed by atoms with van der Waals surface area (Å²) in [5.74, 6) is 2.76. The molecule has 0 aliphatic heterocycles. The van der Waals surface area contributed by atoms with Gasteiger partial charge in [-0.3, -0.25) is 9.39 Å². The highest BCUT2D eigenvalue weighted by Crippen LogP contribution is 2.11. The van der Waals surface area contributed by atoms with E-state index in [0.29, 0.717) is 6.61 Å². The van der Waals surface area contributed by atoms with Crippen LogP contribution in [0.1, 0.15) is 24.7 Å². The minimum atomic E-state index is 0.607. The number of pyridine rings is 1. The second-order valence-electron chi connectivity index (χ2n) is 6.97. The Morgan fingerprint density at radius 3 is 2.79 bits per heavy atom. The minimum Gasteiger partial charge on any atom is -0.492 e. The summed E-state index contributed by atoms with van der Waals surface area (Å²) in [6.45, 7) is 7.07. The van der Waals surface area contributed by atoms with Crippen molar-refractivity contribution < 1.29 is 4.74 Å². The standard InChI is InChI=1S/C22H30N6O/c1-4-23-22(27(3)16-17-29-19-12-10-18(2)11-13-19)24-14-7-9-21-26-25-20-8-5-6-15-28(20)21/h5-6,8,10-13,15H,4,7,9,14,16-17H2,1-3H3,(H,23,24). The van der Waals surface area contributed by atoms with Gasteiger partial charge in [-0.15, -0.1) is 10.2 Å². The monoisotopic (exact) mass is 394 g/mol. The first-order valence-corrected chi connectivity index (χ1v) is 10.1. The maximum absolute atomic E-state index is 5.83. The first kappa shape index (κ1) is 20.6. The van der Waals surface area contributed by atoms with Crippen LogP contribution in [0.2, 0.25) is 0 Å². The Kier molecular flexibility index (Phi) is 7.44. The van der Waals surface area contributed by atoms with Crippen molar-refractivity contribution in [1.29, 1.82) is 0 Å². The fourth-order valence-corrected chi connectivity index (χ4v) is 2.99. The van der Waals surface area contributed by atoms with E-state index in [4.69, 9.17) is 9.73 Å². The van der Waals surface area contributed by atoms with E-state index in [9.17, 15) is 0 Å². The van der Waals surface area contributed by atoms with Crippen LogP contribution in [0.4, 0.5) is 0 Å². The number of guanidine groups is 1. The number of nitrogens with zero attached hydrogens (tertiary/aromatic N) is 5. The van der Waals surface area contributed by atoms with Crippen LogP contribution in [0.3, 0.4) is 0 Å². The summed E-state index contributed by atoms with van der Waals surface area (Å²) in [6, 6.07) is 14.1. The number of hydrogen-bond acceptors (Lipinski definition) is 4. The van der Waals surface area contributed by atoms with Crippen molar-refractivity contribution in [3.63, 3.8) is 0 Å². The minimum absolute atomic E-state index is 0.607. The molecule has 0 atom stereocenters. The van der Waals surface area contributed by atoms with E-state index >= 15 is 0 Å². The zero-order valence-electron chi connectivity index (χ0n) is 17.5. The second-order valence-corrected chi connectivity index (χ2v) is 6.97. The van der Waals surface area contributed by atoms with Crippen molar-refractivity contribution in [2.45, 2.75) is 26.7 Å². The Balaban J connectivity index is 1.47. The summed E-state index contributed by atoms with van der Waals surface area (Å²) in [5.41, 5.74) is 2.11. The van der Waals surface area contributed by atoms with Gasteiger partial charge in [0.25, 0.3) is 0 Å². The van der Waals surface area contributed by atoms with Gasteiger partial charge in [0, 0.05) is 32.8 Å². The van der Waals surface area contributed by atoms with Gasteiger partial charge in [0.1, 0.15) is 18.2 Å². The average Bonchev–Trinajstić information content (AvgIpc) is 3.15. The van der Waals surface area contributed by atoms with Gasteiger partial charge < -0.3 is 15.0 Å². The topological polar surface area (TPSA) is 67.0 Å². The quantitative estimate of drug-likeness (QED) is 0.343. The van der Waals surface area contributed by atoms with Crippen LogP contribution in [0.5, 0.6) is 5.75 Å². The Labute approximate surface area is 172 Å². The first-order chi connectivity index (χ1) is 14.2. The maximum Gasteiger partial charge on any atom is 0.193 e. The van der Waals surface area contributed by atoms with E-state index in [1.54, 1.807) is 0 Å². The van der Waals surface area contributed by atoms with Gasteiger partial charge in [0.15, 0.2) is 11.6 Å². The fraction of sp³-hybridized carbons (Fsp3) is 0.409. The number of aryl methyl sites for hydroxylation is 2. The highest BCUT2D eigenvalue weighted by molar-refractivity contribution is 5.79. The first-order valence-electron chi connectivity index (χ1n) is 10.1. The molecule has 29 heavy (non-hydrogen) atoms. The normalized spacial score (nSPS) is 11.6. The molecule has 154 valence electrons. The summed E-state index contributed by atoms with van der Waals surface area (Å²) in [6.07, 6.45) is 3.76. The predicted octanol–water partition coefficient (Wildman–Crippen LogP) is 2.95. The number of fused-ring (bicyclic) bond motifs is 1. The molecular weight excluding hydrogens is 364 g/mol. The lowest BCUT2D eigenvalue weighted by molar-refractivity contribution is 0.281. The summed E-state index contributed by atoms with van der Waals surface area (Å²) in [7, 11) is 2.03. The van der Waals surface area contributed by atoms with Gasteiger partial charge in [-0.2, -0.15) is 0 Å². The average molecular weight is 395 g/mol. The van der Waals surface area contributed by atoms with Gasteiger partial charge in [-0.25, -0.2) is 0 Å². The molecule has 3 rings (SSSR count). The van der Waals surface area contributed by atoms with Crippen molar-refractivity contribution in [2.75, 3.05) is 33.3 Å². The molecule has 0 amide bonds. The highest BCUT2D eigenvalue weighted by atomic mass is 16.5. The smallest absolute Gasteiger partial charge is 0.193 e. The van der Waals surface area contributed by atoms with Gasteiger partial charge >= 0.3 is 0 Å². The molecule has 2 aromatic heterocycles. The zero-order chi connectivity index (χ0) is 20.5. The van der Waals surface area contributed by atoms with Crippen LogP contribution in [0.25, 0.3) is 5.65 Å². The number of hydrogen-bond donors (Lipinski definition) is 1. The van der Waals surface area contributed by atoms with E-state index in [1.807, 2.05) is 48.0 Å². The lowest BCUT2D eigenvalue weighted by Crippen LogP contribution is -2.41. The SMILES string of the molecule is CCNC(=NCCCc1nnc2ccccn12)N(C)CCOc1ccc(C)cc1. The molecule has 0 saturated carbocycles. The molecule has 0 spiro atoms. The number of likely N-dealkylation sites (N-methyl/N-ethyl adjacent to an activating group) is 1. The van der Waals surface area contributed by atoms with Gasteiger partial charge in [0.2, 0.25) is 0 Å². The van der Waals surface area contributed by atoms with Crippen molar-refractivity contribution in [2.24, 2.45) is 4.99 Å². The van der Waals surface area contributed by atoms with Crippen molar-refractivity contribution in [3.05, 3.63) is 60.0 Å². The lowest BCUT2D eigenvalue weighted by atomic mass is 10.2. The molecular formula is C22H30N6O.